The molecule has 0 aromatic heterocycles. The quantitative estimate of drug-likeness (QED) is 0.415. The largest absolute Gasteiger partial charge is 0.368 e. The average Bonchev–Trinajstić information content (AvgIpc) is 3.02. The lowest BCUT2D eigenvalue weighted by Crippen LogP contribution is -2.55. The Morgan fingerprint density at radius 2 is 1.86 bits per heavy atom. The number of carbonyl (C=O) groups excluding carboxylic acids is 1. The van der Waals surface area contributed by atoms with Crippen LogP contribution in [0.4, 0.5) is 22.0 Å². The Morgan fingerprint density at radius 3 is 2.47 bits per heavy atom. The number of hydrogen-bond acceptors (Lipinski definition) is 3. The van der Waals surface area contributed by atoms with Crippen LogP contribution in [0.3, 0.4) is 0 Å². The van der Waals surface area contributed by atoms with E-state index in [1.54, 1.807) is 0 Å². The van der Waals surface area contributed by atoms with Crippen molar-refractivity contribution >= 4 is 16.3 Å². The predicted molar refractivity (Wildman–Crippen MR) is 123 cm³/mol. The maximum Gasteiger partial charge on any atom is 0.288 e. The molecule has 2 aromatic rings. The molecule has 2 aliphatic heterocycles. The van der Waals surface area contributed by atoms with Crippen LogP contribution in [0, 0.1) is 24.4 Å². The highest BCUT2D eigenvalue weighted by molar-refractivity contribution is 7.95. The number of amides is 1. The molecule has 2 unspecified atom stereocenters. The van der Waals surface area contributed by atoms with Gasteiger partial charge >= 0.3 is 0 Å². The summed E-state index contributed by atoms with van der Waals surface area (Å²) >= 11 is 0. The highest BCUT2D eigenvalue weighted by atomic mass is 32.3. The summed E-state index contributed by atoms with van der Waals surface area (Å²) in [6.07, 6.45) is -1.03. The highest BCUT2D eigenvalue weighted by Gasteiger charge is 2.60. The van der Waals surface area contributed by atoms with Crippen LogP contribution in [-0.4, -0.2) is 58.4 Å². The number of nitrogens with zero attached hydrogens (tertiary/aromatic N) is 1. The first-order valence-corrected chi connectivity index (χ1v) is 13.1. The Hall–Kier alpha value is -2.41. The molecular formula is C24H26F5N2O4S+. The van der Waals surface area contributed by atoms with E-state index in [1.807, 2.05) is 0 Å². The van der Waals surface area contributed by atoms with Crippen LogP contribution < -0.4 is 4.72 Å². The molecule has 196 valence electrons. The Balaban J connectivity index is 1.74. The van der Waals surface area contributed by atoms with Gasteiger partial charge in [0.25, 0.3) is 22.2 Å². The molecule has 4 atom stereocenters. The molecule has 0 saturated carbocycles. The minimum Gasteiger partial charge on any atom is -0.368 e. The van der Waals surface area contributed by atoms with Crippen molar-refractivity contribution in [3.8, 4) is 11.1 Å². The van der Waals surface area contributed by atoms with Gasteiger partial charge in [-0.1, -0.05) is 22.9 Å². The van der Waals surface area contributed by atoms with Gasteiger partial charge in [0.05, 0.1) is 19.2 Å². The minimum absolute atomic E-state index is 0.114. The maximum atomic E-state index is 15.6. The van der Waals surface area contributed by atoms with Crippen LogP contribution in [0.15, 0.2) is 30.3 Å². The van der Waals surface area contributed by atoms with E-state index >= 15 is 13.2 Å². The lowest BCUT2D eigenvalue weighted by molar-refractivity contribution is -0.158. The molecule has 1 amide bonds. The molecule has 2 N–H and O–H groups in total. The first-order valence-electron chi connectivity index (χ1n) is 11.4. The zero-order chi connectivity index (χ0) is 26.4. The van der Waals surface area contributed by atoms with E-state index in [0.29, 0.717) is 13.0 Å². The van der Waals surface area contributed by atoms with E-state index in [2.05, 4.69) is 4.72 Å². The molecule has 36 heavy (non-hydrogen) atoms. The van der Waals surface area contributed by atoms with Crippen LogP contribution in [0.2, 0.25) is 0 Å². The number of rotatable bonds is 7. The summed E-state index contributed by atoms with van der Waals surface area (Å²) in [5, 5.41) is 0. The number of nitrogens with one attached hydrogen (secondary N) is 1. The monoisotopic (exact) mass is 533 g/mol. The van der Waals surface area contributed by atoms with E-state index in [0.717, 1.165) is 17.0 Å². The van der Waals surface area contributed by atoms with E-state index < -0.39 is 70.8 Å². The van der Waals surface area contributed by atoms with Gasteiger partial charge in [0.2, 0.25) is 0 Å². The Bertz CT molecular complexity index is 1220. The zero-order valence-corrected chi connectivity index (χ0v) is 20.4. The van der Waals surface area contributed by atoms with Gasteiger partial charge in [-0.3, -0.25) is 4.79 Å². The fraction of sp³-hybridized carbons (Fsp3) is 0.458. The average molecular weight is 534 g/mol. The standard InChI is InChI=1S/C24H25F5N2O4S/c1-3-36(33,34)30-22-18(31(12-24(22,28)29)23(32)19-9-10-35-19)11-14-5-4-6-15(21(14)27)16-7-8-17(25)13(2)20(16)26/h4-8,18-19,22H,3,9-12H2,1-2H3,(H-,30,33,34)/p+1/t18-,19?,22+/m0/s1. The summed E-state index contributed by atoms with van der Waals surface area (Å²) in [5.41, 5.74) is -0.829. The second kappa shape index (κ2) is 9.81. The second-order valence-electron chi connectivity index (χ2n) is 8.98. The van der Waals surface area contributed by atoms with Crippen molar-refractivity contribution in [3.63, 3.8) is 0 Å². The van der Waals surface area contributed by atoms with E-state index in [4.69, 9.17) is 4.74 Å². The van der Waals surface area contributed by atoms with Crippen LogP contribution in [0.5, 0.6) is 0 Å². The van der Waals surface area contributed by atoms with Gasteiger partial charge in [-0.15, -0.1) is 0 Å². The molecule has 4 rings (SSSR count). The van der Waals surface area contributed by atoms with Gasteiger partial charge in [0.15, 0.2) is 5.75 Å². The summed E-state index contributed by atoms with van der Waals surface area (Å²) in [5.74, 6) is -7.36. The Labute approximate surface area is 206 Å². The number of halogens is 5. The molecule has 0 spiro atoms. The van der Waals surface area contributed by atoms with Gasteiger partial charge in [0, 0.05) is 23.1 Å². The number of likely N-dealkylation sites (tertiary alicyclic amines) is 1. The van der Waals surface area contributed by atoms with Gasteiger partial charge in [-0.25, -0.2) is 22.0 Å². The van der Waals surface area contributed by atoms with Gasteiger partial charge in [-0.05, 0) is 42.2 Å². The summed E-state index contributed by atoms with van der Waals surface area (Å²) in [7, 11) is -3.86. The van der Waals surface area contributed by atoms with E-state index in [-0.39, 0.29) is 28.0 Å². The van der Waals surface area contributed by atoms with Crippen molar-refractivity contribution in [2.75, 3.05) is 18.9 Å². The van der Waals surface area contributed by atoms with Gasteiger partial charge in [-0.2, -0.15) is 4.55 Å². The maximum absolute atomic E-state index is 15.6. The molecular weight excluding hydrogens is 507 g/mol. The third-order valence-electron chi connectivity index (χ3n) is 6.70. The van der Waals surface area contributed by atoms with Crippen molar-refractivity contribution < 1.29 is 40.2 Å². The number of benzene rings is 2. The molecule has 2 aliphatic rings. The van der Waals surface area contributed by atoms with E-state index in [1.165, 1.54) is 32.0 Å². The number of ether oxygens (including phenoxy) is 1. The molecule has 0 bridgehead atoms. The number of hydrogen-bond donors (Lipinski definition) is 2. The fourth-order valence-corrected chi connectivity index (χ4v) is 5.37. The number of carbonyl (C=O) groups is 1. The van der Waals surface area contributed by atoms with Gasteiger partial charge in [0.1, 0.15) is 29.6 Å². The Kier molecular flexibility index (Phi) is 7.26. The van der Waals surface area contributed by atoms with Crippen molar-refractivity contribution in [3.05, 3.63) is 58.9 Å². The molecule has 2 saturated heterocycles. The molecule has 12 heteroatoms. The first-order chi connectivity index (χ1) is 16.9. The Morgan fingerprint density at radius 1 is 1.19 bits per heavy atom. The minimum atomic E-state index is -3.86. The number of alkyl halides is 2. The third-order valence-corrected chi connectivity index (χ3v) is 8.10. The fourth-order valence-electron chi connectivity index (χ4n) is 4.48. The van der Waals surface area contributed by atoms with Crippen molar-refractivity contribution in [1.82, 2.24) is 9.62 Å². The highest BCUT2D eigenvalue weighted by Crippen LogP contribution is 2.38. The lowest BCUT2D eigenvalue weighted by atomic mass is 9.94. The lowest BCUT2D eigenvalue weighted by Gasteiger charge is -2.33. The van der Waals surface area contributed by atoms with Crippen LogP contribution >= 0.6 is 0 Å². The summed E-state index contributed by atoms with van der Waals surface area (Å²) in [4.78, 5) is 13.8. The summed E-state index contributed by atoms with van der Waals surface area (Å²) < 4.78 is 104. The first kappa shape index (κ1) is 26.6. The molecule has 2 heterocycles. The SMILES string of the molecule is CC[S+](=O)(O)N[C@@H]1[C@H](Cc2cccc(-c3ccc(F)c(C)c3F)c2F)N(C(=O)C2CCO2)CC1(F)F. The summed E-state index contributed by atoms with van der Waals surface area (Å²) in [6.45, 7) is 1.80. The second-order valence-corrected chi connectivity index (χ2v) is 11.1. The van der Waals surface area contributed by atoms with Crippen molar-refractivity contribution in [2.45, 2.75) is 50.8 Å². The third kappa shape index (κ3) is 4.91. The van der Waals surface area contributed by atoms with Crippen LogP contribution in [0.25, 0.3) is 11.1 Å². The molecule has 2 aromatic carbocycles. The smallest absolute Gasteiger partial charge is 0.288 e. The predicted octanol–water partition coefficient (Wildman–Crippen LogP) is 4.12. The molecule has 6 nitrogen and oxygen atoms in total. The van der Waals surface area contributed by atoms with E-state index in [9.17, 15) is 22.3 Å². The molecule has 2 fully saturated rings. The van der Waals surface area contributed by atoms with Crippen molar-refractivity contribution in [1.29, 1.82) is 0 Å². The topological polar surface area (TPSA) is 78.9 Å². The molecule has 0 radical (unpaired) electrons. The van der Waals surface area contributed by atoms with Crippen molar-refractivity contribution in [2.24, 2.45) is 0 Å². The van der Waals surface area contributed by atoms with Gasteiger partial charge < -0.3 is 9.64 Å². The van der Waals surface area contributed by atoms with Crippen LogP contribution in [-0.2, 0) is 30.6 Å². The molecule has 0 aliphatic carbocycles. The summed E-state index contributed by atoms with van der Waals surface area (Å²) in [6, 6.07) is 2.70. The zero-order valence-electron chi connectivity index (χ0n) is 19.6. The van der Waals surface area contributed by atoms with Crippen LogP contribution in [0.1, 0.15) is 24.5 Å². The normalized spacial score (nSPS) is 24.9.